The van der Waals surface area contributed by atoms with Gasteiger partial charge >= 0.3 is 0 Å². The largest absolute Gasteiger partial charge is 0.383 e. The lowest BCUT2D eigenvalue weighted by Gasteiger charge is -2.12. The van der Waals surface area contributed by atoms with E-state index < -0.39 is 0 Å². The van der Waals surface area contributed by atoms with Gasteiger partial charge in [0.1, 0.15) is 5.82 Å². The molecule has 0 radical (unpaired) electrons. The van der Waals surface area contributed by atoms with Crippen LogP contribution in [0.1, 0.15) is 31.0 Å². The fourth-order valence-corrected chi connectivity index (χ4v) is 1.83. The second kappa shape index (κ2) is 4.45. The molecule has 0 aliphatic heterocycles. The van der Waals surface area contributed by atoms with Crippen LogP contribution < -0.4 is 5.73 Å². The molecule has 0 saturated heterocycles. The Morgan fingerprint density at radius 2 is 1.71 bits per heavy atom. The molecule has 2 aromatic rings. The third kappa shape index (κ3) is 2.22. The maximum atomic E-state index is 5.95. The van der Waals surface area contributed by atoms with Crippen LogP contribution in [0.5, 0.6) is 0 Å². The van der Waals surface area contributed by atoms with E-state index in [1.165, 1.54) is 0 Å². The summed E-state index contributed by atoms with van der Waals surface area (Å²) in [6.07, 6.45) is 3.32. The lowest BCUT2D eigenvalue weighted by atomic mass is 10.0. The summed E-state index contributed by atoms with van der Waals surface area (Å²) < 4.78 is 0. The summed E-state index contributed by atoms with van der Waals surface area (Å²) in [7, 11) is 0. The first-order valence-electron chi connectivity index (χ1n) is 5.51. The summed E-state index contributed by atoms with van der Waals surface area (Å²) in [5, 5.41) is 0. The van der Waals surface area contributed by atoms with Gasteiger partial charge in [0.2, 0.25) is 0 Å². The Hall–Kier alpha value is -2.04. The van der Waals surface area contributed by atoms with E-state index in [-0.39, 0.29) is 0 Å². The minimum atomic E-state index is 0.306. The fourth-order valence-electron chi connectivity index (χ4n) is 1.83. The third-order valence-corrected chi connectivity index (χ3v) is 2.51. The van der Waals surface area contributed by atoms with E-state index in [2.05, 4.69) is 33.8 Å². The number of aromatic nitrogens is 4. The van der Waals surface area contributed by atoms with E-state index in [0.29, 0.717) is 23.4 Å². The number of aryl methyl sites for hydroxylation is 1. The Morgan fingerprint density at radius 3 is 2.24 bits per heavy atom. The van der Waals surface area contributed by atoms with Crippen LogP contribution in [-0.2, 0) is 0 Å². The molecule has 17 heavy (non-hydrogen) atoms. The van der Waals surface area contributed by atoms with Gasteiger partial charge in [-0.1, -0.05) is 13.8 Å². The molecule has 5 heteroatoms. The number of nitrogens with zero attached hydrogens (tertiary/aromatic N) is 4. The van der Waals surface area contributed by atoms with E-state index in [4.69, 9.17) is 5.73 Å². The smallest absolute Gasteiger partial charge is 0.199 e. The van der Waals surface area contributed by atoms with Crippen LogP contribution in [0.2, 0.25) is 0 Å². The normalized spacial score (nSPS) is 10.8. The number of anilines is 1. The van der Waals surface area contributed by atoms with Gasteiger partial charge in [0.15, 0.2) is 11.6 Å². The third-order valence-electron chi connectivity index (χ3n) is 2.51. The molecule has 0 bridgehead atoms. The van der Waals surface area contributed by atoms with Crippen molar-refractivity contribution in [1.29, 1.82) is 0 Å². The Labute approximate surface area is 100 Å². The van der Waals surface area contributed by atoms with Crippen molar-refractivity contribution in [2.24, 2.45) is 0 Å². The van der Waals surface area contributed by atoms with Crippen LogP contribution in [0.25, 0.3) is 11.6 Å². The van der Waals surface area contributed by atoms with Crippen molar-refractivity contribution in [3.05, 3.63) is 29.7 Å². The van der Waals surface area contributed by atoms with E-state index in [0.717, 1.165) is 11.3 Å². The molecule has 0 unspecified atom stereocenters. The molecule has 0 amide bonds. The van der Waals surface area contributed by atoms with Gasteiger partial charge in [-0.2, -0.15) is 0 Å². The minimum absolute atomic E-state index is 0.306. The Morgan fingerprint density at radius 1 is 1.06 bits per heavy atom. The number of hydrogen-bond acceptors (Lipinski definition) is 5. The van der Waals surface area contributed by atoms with Gasteiger partial charge in [0, 0.05) is 23.7 Å². The molecule has 2 heterocycles. The van der Waals surface area contributed by atoms with Gasteiger partial charge in [-0.15, -0.1) is 0 Å². The van der Waals surface area contributed by atoms with Gasteiger partial charge in [-0.05, 0) is 18.9 Å². The summed E-state index contributed by atoms with van der Waals surface area (Å²) in [6.45, 7) is 6.07. The van der Waals surface area contributed by atoms with Crippen molar-refractivity contribution in [1.82, 2.24) is 19.9 Å². The minimum Gasteiger partial charge on any atom is -0.383 e. The first kappa shape index (κ1) is 11.4. The molecular weight excluding hydrogens is 214 g/mol. The van der Waals surface area contributed by atoms with Gasteiger partial charge in [-0.3, -0.25) is 0 Å². The summed E-state index contributed by atoms with van der Waals surface area (Å²) in [6, 6.07) is 1.75. The van der Waals surface area contributed by atoms with Crippen molar-refractivity contribution in [2.75, 3.05) is 5.73 Å². The van der Waals surface area contributed by atoms with Crippen molar-refractivity contribution in [3.8, 4) is 11.6 Å². The van der Waals surface area contributed by atoms with Crippen LogP contribution in [0, 0.1) is 6.92 Å². The SMILES string of the molecule is Cc1nc(-c2ncccn2)nc(N)c1C(C)C. The summed E-state index contributed by atoms with van der Waals surface area (Å²) in [5.74, 6) is 1.79. The van der Waals surface area contributed by atoms with Crippen LogP contribution in [-0.4, -0.2) is 19.9 Å². The number of nitrogens with two attached hydrogens (primary N) is 1. The standard InChI is InChI=1S/C12H15N5/c1-7(2)9-8(3)16-12(17-10(9)13)11-14-5-4-6-15-11/h4-7H,1-3H3,(H2,13,16,17). The second-order valence-electron chi connectivity index (χ2n) is 4.16. The number of nitrogen functional groups attached to an aromatic ring is 1. The lowest BCUT2D eigenvalue weighted by molar-refractivity contribution is 0.834. The highest BCUT2D eigenvalue weighted by atomic mass is 15.0. The Balaban J connectivity index is 2.53. The molecule has 5 nitrogen and oxygen atoms in total. The molecular formula is C12H15N5. The second-order valence-corrected chi connectivity index (χ2v) is 4.16. The molecule has 2 aromatic heterocycles. The average Bonchev–Trinajstić information content (AvgIpc) is 2.28. The summed E-state index contributed by atoms with van der Waals surface area (Å²) in [4.78, 5) is 16.9. The van der Waals surface area contributed by atoms with Gasteiger partial charge in [0.05, 0.1) is 0 Å². The van der Waals surface area contributed by atoms with Crippen molar-refractivity contribution in [3.63, 3.8) is 0 Å². The zero-order valence-electron chi connectivity index (χ0n) is 10.2. The highest BCUT2D eigenvalue weighted by Crippen LogP contribution is 2.24. The van der Waals surface area contributed by atoms with E-state index in [1.807, 2.05) is 6.92 Å². The molecule has 0 spiro atoms. The highest BCUT2D eigenvalue weighted by molar-refractivity contribution is 5.52. The monoisotopic (exact) mass is 229 g/mol. The molecule has 2 rings (SSSR count). The molecule has 0 atom stereocenters. The Bertz CT molecular complexity index is 499. The topological polar surface area (TPSA) is 77.6 Å². The number of rotatable bonds is 2. The van der Waals surface area contributed by atoms with Crippen molar-refractivity contribution < 1.29 is 0 Å². The molecule has 0 aliphatic carbocycles. The molecule has 2 N–H and O–H groups in total. The van der Waals surface area contributed by atoms with E-state index in [9.17, 15) is 0 Å². The van der Waals surface area contributed by atoms with Crippen LogP contribution in [0.15, 0.2) is 18.5 Å². The van der Waals surface area contributed by atoms with Crippen LogP contribution in [0.3, 0.4) is 0 Å². The molecule has 0 aliphatic rings. The average molecular weight is 229 g/mol. The highest BCUT2D eigenvalue weighted by Gasteiger charge is 2.14. The summed E-state index contributed by atoms with van der Waals surface area (Å²) >= 11 is 0. The van der Waals surface area contributed by atoms with Gasteiger partial charge < -0.3 is 5.73 Å². The van der Waals surface area contributed by atoms with Crippen molar-refractivity contribution >= 4 is 5.82 Å². The Kier molecular flexibility index (Phi) is 2.99. The molecule has 0 fully saturated rings. The van der Waals surface area contributed by atoms with E-state index >= 15 is 0 Å². The van der Waals surface area contributed by atoms with E-state index in [1.54, 1.807) is 18.5 Å². The van der Waals surface area contributed by atoms with Gasteiger partial charge in [-0.25, -0.2) is 19.9 Å². The maximum absolute atomic E-state index is 5.95. The fraction of sp³-hybridized carbons (Fsp3) is 0.333. The maximum Gasteiger partial charge on any atom is 0.199 e. The molecule has 0 aromatic carbocycles. The first-order chi connectivity index (χ1) is 8.09. The van der Waals surface area contributed by atoms with Crippen LogP contribution >= 0.6 is 0 Å². The van der Waals surface area contributed by atoms with Gasteiger partial charge in [0.25, 0.3) is 0 Å². The summed E-state index contributed by atoms with van der Waals surface area (Å²) in [5.41, 5.74) is 7.83. The molecule has 0 saturated carbocycles. The quantitative estimate of drug-likeness (QED) is 0.851. The first-order valence-corrected chi connectivity index (χ1v) is 5.51. The lowest BCUT2D eigenvalue weighted by Crippen LogP contribution is -2.07. The number of hydrogen-bond donors (Lipinski definition) is 1. The van der Waals surface area contributed by atoms with Crippen LogP contribution in [0.4, 0.5) is 5.82 Å². The molecule has 88 valence electrons. The zero-order valence-corrected chi connectivity index (χ0v) is 10.2. The predicted molar refractivity (Wildman–Crippen MR) is 66.3 cm³/mol. The van der Waals surface area contributed by atoms with Crippen molar-refractivity contribution in [2.45, 2.75) is 26.7 Å². The predicted octanol–water partition coefficient (Wildman–Crippen LogP) is 1.95. The zero-order chi connectivity index (χ0) is 12.4.